The van der Waals surface area contributed by atoms with Gasteiger partial charge in [0.1, 0.15) is 11.5 Å². The smallest absolute Gasteiger partial charge is 0.276 e. The average Bonchev–Trinajstić information content (AvgIpc) is 3.28. The molecule has 2 heterocycles. The van der Waals surface area contributed by atoms with E-state index in [0.29, 0.717) is 26.8 Å². The van der Waals surface area contributed by atoms with Crippen LogP contribution in [0.1, 0.15) is 31.9 Å². The molecule has 0 unspecified atom stereocenters. The highest BCUT2D eigenvalue weighted by atomic mass is 32.1. The lowest BCUT2D eigenvalue weighted by Gasteiger charge is -2.18. The molecule has 0 N–H and O–H groups in total. The zero-order valence-electron chi connectivity index (χ0n) is 17.6. The van der Waals surface area contributed by atoms with Crippen molar-refractivity contribution in [3.8, 4) is 22.9 Å². The summed E-state index contributed by atoms with van der Waals surface area (Å²) in [6, 6.07) is 13.6. The fourth-order valence-corrected chi connectivity index (χ4v) is 4.15. The van der Waals surface area contributed by atoms with E-state index in [0.717, 1.165) is 11.1 Å². The van der Waals surface area contributed by atoms with E-state index in [-0.39, 0.29) is 11.0 Å². The van der Waals surface area contributed by atoms with Crippen LogP contribution >= 0.6 is 11.3 Å². The number of thiazole rings is 1. The van der Waals surface area contributed by atoms with Crippen LogP contribution in [0.3, 0.4) is 0 Å². The Hall–Kier alpha value is -3.19. The van der Waals surface area contributed by atoms with Crippen molar-refractivity contribution in [1.29, 1.82) is 0 Å². The first-order chi connectivity index (χ1) is 14.3. The van der Waals surface area contributed by atoms with E-state index in [9.17, 15) is 4.79 Å². The summed E-state index contributed by atoms with van der Waals surface area (Å²) in [7, 11) is 3.19. The summed E-state index contributed by atoms with van der Waals surface area (Å²) in [5, 5.41) is 8.47. The van der Waals surface area contributed by atoms with E-state index in [1.54, 1.807) is 24.7 Å². The second kappa shape index (κ2) is 7.57. The topological polar surface area (TPSA) is 65.7 Å². The molecular formula is C23H23N3O3S. The molecule has 6 nitrogen and oxygen atoms in total. The standard InChI is InChI=1S/C23H23N3O3S/c1-23(2,3)16-9-6-14(7-10-16)20-24-25-22-26(20)21(27)19(30-22)12-15-8-11-17(28-4)13-18(15)29-5/h6-13H,1-5H3/b19-12-. The maximum atomic E-state index is 13.1. The Balaban J connectivity index is 1.81. The predicted molar refractivity (Wildman–Crippen MR) is 120 cm³/mol. The van der Waals surface area contributed by atoms with Gasteiger partial charge in [-0.3, -0.25) is 4.79 Å². The van der Waals surface area contributed by atoms with Crippen molar-refractivity contribution in [2.45, 2.75) is 26.2 Å². The van der Waals surface area contributed by atoms with Crippen LogP contribution < -0.4 is 19.6 Å². The normalized spacial score (nSPS) is 12.5. The first kappa shape index (κ1) is 20.1. The number of rotatable bonds is 4. The Bertz CT molecular complexity index is 1310. The molecule has 0 atom stereocenters. The fraction of sp³-hybridized carbons (Fsp3) is 0.261. The molecule has 0 spiro atoms. The van der Waals surface area contributed by atoms with Gasteiger partial charge in [0.15, 0.2) is 5.82 Å². The molecular weight excluding hydrogens is 398 g/mol. The van der Waals surface area contributed by atoms with Gasteiger partial charge >= 0.3 is 0 Å². The summed E-state index contributed by atoms with van der Waals surface area (Å²) in [4.78, 5) is 13.7. The highest BCUT2D eigenvalue weighted by Gasteiger charge is 2.17. The van der Waals surface area contributed by atoms with Crippen LogP contribution in [0.4, 0.5) is 0 Å². The van der Waals surface area contributed by atoms with Crippen LogP contribution in [-0.2, 0) is 5.41 Å². The van der Waals surface area contributed by atoms with Crippen molar-refractivity contribution < 1.29 is 9.47 Å². The largest absolute Gasteiger partial charge is 0.497 e. The van der Waals surface area contributed by atoms with Crippen molar-refractivity contribution in [3.05, 3.63) is 68.5 Å². The lowest BCUT2D eigenvalue weighted by molar-refractivity contribution is 0.393. The minimum atomic E-state index is -0.146. The summed E-state index contributed by atoms with van der Waals surface area (Å²) in [5.41, 5.74) is 2.79. The first-order valence-corrected chi connectivity index (χ1v) is 10.4. The van der Waals surface area contributed by atoms with E-state index < -0.39 is 0 Å². The summed E-state index contributed by atoms with van der Waals surface area (Å²) >= 11 is 1.31. The minimum Gasteiger partial charge on any atom is -0.497 e. The Morgan fingerprint density at radius 2 is 1.73 bits per heavy atom. The SMILES string of the molecule is COc1ccc(/C=c2\sc3nnc(-c4ccc(C(C)(C)C)cc4)n3c2=O)c(OC)c1. The van der Waals surface area contributed by atoms with E-state index >= 15 is 0 Å². The van der Waals surface area contributed by atoms with Crippen LogP contribution in [0.2, 0.25) is 0 Å². The molecule has 0 bridgehead atoms. The summed E-state index contributed by atoms with van der Waals surface area (Å²) in [6.45, 7) is 6.50. The highest BCUT2D eigenvalue weighted by Crippen LogP contribution is 2.26. The quantitative estimate of drug-likeness (QED) is 0.503. The number of hydrogen-bond acceptors (Lipinski definition) is 6. The number of nitrogens with zero attached hydrogens (tertiary/aromatic N) is 3. The number of aromatic nitrogens is 3. The van der Waals surface area contributed by atoms with Gasteiger partial charge < -0.3 is 9.47 Å². The Kier molecular flexibility index (Phi) is 5.07. The minimum absolute atomic E-state index is 0.0598. The molecule has 2 aromatic carbocycles. The molecule has 4 aromatic rings. The number of hydrogen-bond donors (Lipinski definition) is 0. The monoisotopic (exact) mass is 421 g/mol. The van der Waals surface area contributed by atoms with E-state index in [1.807, 2.05) is 30.3 Å². The van der Waals surface area contributed by atoms with Gasteiger partial charge in [-0.15, -0.1) is 10.2 Å². The number of fused-ring (bicyclic) bond motifs is 1. The Labute approximate surface area is 178 Å². The van der Waals surface area contributed by atoms with Crippen LogP contribution in [0.25, 0.3) is 22.4 Å². The maximum absolute atomic E-state index is 13.1. The molecule has 0 aliphatic rings. The molecule has 0 fully saturated rings. The number of benzene rings is 2. The number of ether oxygens (including phenoxy) is 2. The third kappa shape index (κ3) is 3.57. The second-order valence-corrected chi connectivity index (χ2v) is 9.00. The van der Waals surface area contributed by atoms with Gasteiger partial charge in [0.25, 0.3) is 5.56 Å². The van der Waals surface area contributed by atoms with Crippen LogP contribution in [-0.4, -0.2) is 28.8 Å². The summed E-state index contributed by atoms with van der Waals surface area (Å²) < 4.78 is 12.8. The number of methoxy groups -OCH3 is 2. The molecule has 30 heavy (non-hydrogen) atoms. The van der Waals surface area contributed by atoms with Crippen LogP contribution in [0.5, 0.6) is 11.5 Å². The molecule has 4 rings (SSSR count). The zero-order valence-corrected chi connectivity index (χ0v) is 18.4. The first-order valence-electron chi connectivity index (χ1n) is 9.54. The van der Waals surface area contributed by atoms with Crippen molar-refractivity contribution in [1.82, 2.24) is 14.6 Å². The molecule has 0 aliphatic heterocycles. The zero-order chi connectivity index (χ0) is 21.5. The molecule has 0 saturated heterocycles. The molecule has 0 amide bonds. The highest BCUT2D eigenvalue weighted by molar-refractivity contribution is 7.15. The third-order valence-corrected chi connectivity index (χ3v) is 5.94. The summed E-state index contributed by atoms with van der Waals surface area (Å²) in [6.07, 6.45) is 1.81. The molecule has 0 radical (unpaired) electrons. The van der Waals surface area contributed by atoms with E-state index in [1.165, 1.54) is 16.9 Å². The van der Waals surface area contributed by atoms with Gasteiger partial charge in [-0.05, 0) is 29.2 Å². The van der Waals surface area contributed by atoms with Crippen LogP contribution in [0.15, 0.2) is 47.3 Å². The van der Waals surface area contributed by atoms with Gasteiger partial charge in [0, 0.05) is 17.2 Å². The lowest BCUT2D eigenvalue weighted by atomic mass is 9.87. The maximum Gasteiger partial charge on any atom is 0.276 e. The van der Waals surface area contributed by atoms with Crippen molar-refractivity contribution >= 4 is 22.4 Å². The van der Waals surface area contributed by atoms with Gasteiger partial charge in [-0.25, -0.2) is 4.40 Å². The van der Waals surface area contributed by atoms with E-state index in [4.69, 9.17) is 9.47 Å². The molecule has 7 heteroatoms. The van der Waals surface area contributed by atoms with Gasteiger partial charge in [-0.2, -0.15) is 0 Å². The molecule has 154 valence electrons. The third-order valence-electron chi connectivity index (χ3n) is 4.98. The van der Waals surface area contributed by atoms with Crippen molar-refractivity contribution in [2.75, 3.05) is 14.2 Å². The van der Waals surface area contributed by atoms with Gasteiger partial charge in [-0.1, -0.05) is 56.4 Å². The van der Waals surface area contributed by atoms with Crippen LogP contribution in [0, 0.1) is 0 Å². The fourth-order valence-electron chi connectivity index (χ4n) is 3.25. The lowest BCUT2D eigenvalue weighted by Crippen LogP contribution is -2.23. The Morgan fingerprint density at radius 3 is 2.37 bits per heavy atom. The molecule has 0 aliphatic carbocycles. The van der Waals surface area contributed by atoms with E-state index in [2.05, 4.69) is 43.1 Å². The average molecular weight is 422 g/mol. The molecule has 0 saturated carbocycles. The predicted octanol–water partition coefficient (Wildman–Crippen LogP) is 3.68. The van der Waals surface area contributed by atoms with Gasteiger partial charge in [0.05, 0.1) is 18.8 Å². The second-order valence-electron chi connectivity index (χ2n) is 7.99. The van der Waals surface area contributed by atoms with Crippen molar-refractivity contribution in [2.24, 2.45) is 0 Å². The Morgan fingerprint density at radius 1 is 1.00 bits per heavy atom. The van der Waals surface area contributed by atoms with Crippen molar-refractivity contribution in [3.63, 3.8) is 0 Å². The molecule has 2 aromatic heterocycles. The summed E-state index contributed by atoms with van der Waals surface area (Å²) in [5.74, 6) is 1.88. The van der Waals surface area contributed by atoms with Gasteiger partial charge in [0.2, 0.25) is 4.96 Å².